The molecule has 0 aliphatic heterocycles. The van der Waals surface area contributed by atoms with Crippen LogP contribution in [0.15, 0.2) is 60.8 Å². The number of aromatic nitrogens is 3. The fourth-order valence-electron chi connectivity index (χ4n) is 4.74. The van der Waals surface area contributed by atoms with Crippen molar-refractivity contribution in [3.05, 3.63) is 89.1 Å². The van der Waals surface area contributed by atoms with Crippen molar-refractivity contribution in [2.45, 2.75) is 27.7 Å². The summed E-state index contributed by atoms with van der Waals surface area (Å²) in [5.74, 6) is 0.643. The molecule has 3 aromatic heterocycles. The van der Waals surface area contributed by atoms with Crippen LogP contribution in [0.4, 0.5) is 10.1 Å². The number of ether oxygens (including phenoxy) is 3. The second-order valence-corrected chi connectivity index (χ2v) is 9.53. The van der Waals surface area contributed by atoms with Gasteiger partial charge in [0.05, 0.1) is 24.9 Å². The normalized spacial score (nSPS) is 10.9. The first-order valence-corrected chi connectivity index (χ1v) is 13.2. The number of anilines is 1. The standard InChI is InChI=1S/C32H29FN4O5/c1-6-41-32-26(40-5)16-24-29(37-32)25(13-14-34-24)42-22-10-8-21(9-11-22)36-31(39)28-19(4)35-18(3)27(30(28)38)23-12-7-20(33)15-17(23)2/h7-16H,6H2,1-5H3,(H,35,38)(H,36,39). The molecule has 0 saturated carbocycles. The Kier molecular flexibility index (Phi) is 7.88. The second kappa shape index (κ2) is 11.7. The number of fused-ring (bicyclic) bond motifs is 1. The van der Waals surface area contributed by atoms with Crippen molar-refractivity contribution in [3.8, 4) is 40.0 Å². The smallest absolute Gasteiger partial charge is 0.261 e. The monoisotopic (exact) mass is 568 g/mol. The van der Waals surface area contributed by atoms with Gasteiger partial charge in [-0.2, -0.15) is 0 Å². The van der Waals surface area contributed by atoms with E-state index in [1.807, 2.05) is 6.92 Å². The van der Waals surface area contributed by atoms with E-state index in [9.17, 15) is 14.3 Å². The first kappa shape index (κ1) is 28.3. The first-order valence-electron chi connectivity index (χ1n) is 13.2. The Balaban J connectivity index is 1.39. The molecule has 10 heteroatoms. The van der Waals surface area contributed by atoms with E-state index in [2.05, 4.69) is 20.3 Å². The maximum Gasteiger partial charge on any atom is 0.261 e. The van der Waals surface area contributed by atoms with Crippen LogP contribution in [-0.2, 0) is 0 Å². The van der Waals surface area contributed by atoms with Gasteiger partial charge in [-0.05, 0) is 75.2 Å². The molecule has 0 atom stereocenters. The number of hydrogen-bond donors (Lipinski definition) is 2. The first-order chi connectivity index (χ1) is 20.2. The zero-order valence-electron chi connectivity index (χ0n) is 23.8. The molecule has 3 heterocycles. The van der Waals surface area contributed by atoms with Crippen molar-refractivity contribution in [2.75, 3.05) is 19.0 Å². The van der Waals surface area contributed by atoms with E-state index in [0.717, 1.165) is 0 Å². The summed E-state index contributed by atoms with van der Waals surface area (Å²) in [4.78, 5) is 26.7. The largest absolute Gasteiger partial charge is 0.506 e. The third-order valence-corrected chi connectivity index (χ3v) is 6.67. The van der Waals surface area contributed by atoms with Crippen molar-refractivity contribution in [2.24, 2.45) is 0 Å². The summed E-state index contributed by atoms with van der Waals surface area (Å²) < 4.78 is 30.8. The summed E-state index contributed by atoms with van der Waals surface area (Å²) in [6.07, 6.45) is 1.61. The third kappa shape index (κ3) is 5.51. The number of methoxy groups -OCH3 is 1. The van der Waals surface area contributed by atoms with E-state index in [-0.39, 0.29) is 17.1 Å². The Labute approximate surface area is 242 Å². The summed E-state index contributed by atoms with van der Waals surface area (Å²) in [6, 6.07) is 14.4. The van der Waals surface area contributed by atoms with Crippen molar-refractivity contribution < 1.29 is 28.5 Å². The van der Waals surface area contributed by atoms with E-state index in [0.29, 0.717) is 74.5 Å². The molecule has 0 aliphatic carbocycles. The third-order valence-electron chi connectivity index (χ3n) is 6.67. The molecule has 0 unspecified atom stereocenters. The van der Waals surface area contributed by atoms with Crippen LogP contribution in [0.25, 0.3) is 22.2 Å². The van der Waals surface area contributed by atoms with Crippen molar-refractivity contribution in [1.82, 2.24) is 15.0 Å². The van der Waals surface area contributed by atoms with Crippen LogP contribution in [0, 0.1) is 26.6 Å². The molecule has 0 aliphatic rings. The van der Waals surface area contributed by atoms with E-state index in [4.69, 9.17) is 14.2 Å². The van der Waals surface area contributed by atoms with Gasteiger partial charge in [0, 0.05) is 35.3 Å². The minimum atomic E-state index is -0.533. The minimum absolute atomic E-state index is 0.0366. The fourth-order valence-corrected chi connectivity index (χ4v) is 4.74. The molecule has 0 fully saturated rings. The molecule has 0 spiro atoms. The van der Waals surface area contributed by atoms with Gasteiger partial charge in [-0.15, -0.1) is 0 Å². The average molecular weight is 569 g/mol. The number of nitrogens with zero attached hydrogens (tertiary/aromatic N) is 3. The lowest BCUT2D eigenvalue weighted by Gasteiger charge is -2.16. The number of rotatable bonds is 8. The highest BCUT2D eigenvalue weighted by Crippen LogP contribution is 2.38. The molecule has 214 valence electrons. The number of amides is 1. The Morgan fingerprint density at radius 1 is 0.976 bits per heavy atom. The number of benzene rings is 2. The van der Waals surface area contributed by atoms with Gasteiger partial charge in [0.15, 0.2) is 11.5 Å². The number of carbonyl (C=O) groups excluding carboxylic acids is 1. The van der Waals surface area contributed by atoms with Crippen LogP contribution in [0.5, 0.6) is 28.9 Å². The minimum Gasteiger partial charge on any atom is -0.506 e. The van der Waals surface area contributed by atoms with Crippen LogP contribution in [0.2, 0.25) is 0 Å². The molecule has 0 saturated heterocycles. The Morgan fingerprint density at radius 3 is 2.43 bits per heavy atom. The van der Waals surface area contributed by atoms with Gasteiger partial charge in [0.1, 0.15) is 28.4 Å². The molecule has 2 N–H and O–H groups in total. The van der Waals surface area contributed by atoms with Gasteiger partial charge in [-0.1, -0.05) is 6.07 Å². The number of nitrogens with one attached hydrogen (secondary N) is 1. The van der Waals surface area contributed by atoms with Crippen molar-refractivity contribution in [3.63, 3.8) is 0 Å². The predicted molar refractivity (Wildman–Crippen MR) is 157 cm³/mol. The topological polar surface area (TPSA) is 116 Å². The Morgan fingerprint density at radius 2 is 1.74 bits per heavy atom. The van der Waals surface area contributed by atoms with Gasteiger partial charge >= 0.3 is 0 Å². The maximum atomic E-state index is 13.7. The number of aromatic hydroxyl groups is 1. The van der Waals surface area contributed by atoms with Crippen molar-refractivity contribution >= 4 is 22.6 Å². The van der Waals surface area contributed by atoms with Crippen LogP contribution < -0.4 is 19.5 Å². The fraction of sp³-hybridized carbons (Fsp3) is 0.188. The number of halogens is 1. The summed E-state index contributed by atoms with van der Waals surface area (Å²) >= 11 is 0. The van der Waals surface area contributed by atoms with E-state index in [1.165, 1.54) is 19.2 Å². The number of carbonyl (C=O) groups is 1. The van der Waals surface area contributed by atoms with Gasteiger partial charge in [0.2, 0.25) is 0 Å². The quantitative estimate of drug-likeness (QED) is 0.207. The molecule has 1 amide bonds. The van der Waals surface area contributed by atoms with Gasteiger partial charge in [-0.25, -0.2) is 9.37 Å². The Hall–Kier alpha value is -5.25. The lowest BCUT2D eigenvalue weighted by atomic mass is 9.95. The van der Waals surface area contributed by atoms with Gasteiger partial charge in [0.25, 0.3) is 11.8 Å². The lowest BCUT2D eigenvalue weighted by Crippen LogP contribution is -2.15. The number of aryl methyl sites for hydroxylation is 3. The summed E-state index contributed by atoms with van der Waals surface area (Å²) in [5, 5.41) is 14.0. The van der Waals surface area contributed by atoms with E-state index < -0.39 is 5.91 Å². The number of pyridine rings is 3. The second-order valence-electron chi connectivity index (χ2n) is 9.53. The summed E-state index contributed by atoms with van der Waals surface area (Å²) in [5.41, 5.74) is 4.09. The highest BCUT2D eigenvalue weighted by Gasteiger charge is 2.23. The van der Waals surface area contributed by atoms with Gasteiger partial charge in [-0.3, -0.25) is 14.8 Å². The van der Waals surface area contributed by atoms with Crippen LogP contribution in [0.3, 0.4) is 0 Å². The summed E-state index contributed by atoms with van der Waals surface area (Å²) in [7, 11) is 1.54. The molecule has 42 heavy (non-hydrogen) atoms. The zero-order chi connectivity index (χ0) is 30.0. The Bertz CT molecular complexity index is 1810. The average Bonchev–Trinajstić information content (AvgIpc) is 2.95. The molecule has 5 rings (SSSR count). The maximum absolute atomic E-state index is 13.7. The highest BCUT2D eigenvalue weighted by atomic mass is 19.1. The molecule has 5 aromatic rings. The van der Waals surface area contributed by atoms with Crippen LogP contribution in [-0.4, -0.2) is 39.7 Å². The molecular weight excluding hydrogens is 539 g/mol. The highest BCUT2D eigenvalue weighted by molar-refractivity contribution is 6.08. The molecule has 2 aromatic carbocycles. The van der Waals surface area contributed by atoms with Crippen LogP contribution in [0.1, 0.15) is 34.2 Å². The van der Waals surface area contributed by atoms with Crippen molar-refractivity contribution in [1.29, 1.82) is 0 Å². The summed E-state index contributed by atoms with van der Waals surface area (Å²) in [6.45, 7) is 7.40. The van der Waals surface area contributed by atoms with Crippen LogP contribution >= 0.6 is 0 Å². The van der Waals surface area contributed by atoms with Gasteiger partial charge < -0.3 is 24.6 Å². The molecule has 0 bridgehead atoms. The zero-order valence-corrected chi connectivity index (χ0v) is 23.8. The molecule has 9 nitrogen and oxygen atoms in total. The van der Waals surface area contributed by atoms with E-state index in [1.54, 1.807) is 69.4 Å². The predicted octanol–water partition coefficient (Wildman–Crippen LogP) is 6.91. The molecular formula is C32H29FN4O5. The number of hydrogen-bond acceptors (Lipinski definition) is 8. The SMILES string of the molecule is CCOc1nc2c(Oc3ccc(NC(=O)c4c(C)nc(C)c(-c5ccc(F)cc5C)c4O)cc3)ccnc2cc1OC. The molecule has 0 radical (unpaired) electrons. The van der Waals surface area contributed by atoms with E-state index >= 15 is 0 Å². The lowest BCUT2D eigenvalue weighted by molar-refractivity contribution is 0.102.